The predicted octanol–water partition coefficient (Wildman–Crippen LogP) is 7.97. The highest BCUT2D eigenvalue weighted by molar-refractivity contribution is 9.10. The van der Waals surface area contributed by atoms with Crippen molar-refractivity contribution in [2.45, 2.75) is 25.5 Å². The molecular formula is C34H23BrCl2N2O2S. The molecule has 42 heavy (non-hydrogen) atoms. The minimum Gasteiger partial charge on any atom is -0.489 e. The summed E-state index contributed by atoms with van der Waals surface area (Å²) in [7, 11) is 0. The maximum absolute atomic E-state index is 14.0. The number of benzene rings is 4. The zero-order valence-corrected chi connectivity index (χ0v) is 26.1. The van der Waals surface area contributed by atoms with Gasteiger partial charge in [0.25, 0.3) is 5.56 Å². The molecule has 1 atom stereocenters. The smallest absolute Gasteiger partial charge is 0.271 e. The molecule has 208 valence electrons. The number of halogens is 3. The molecule has 0 fully saturated rings. The van der Waals surface area contributed by atoms with Crippen molar-refractivity contribution in [3.05, 3.63) is 159 Å². The Balaban J connectivity index is 1.30. The Morgan fingerprint density at radius 1 is 0.976 bits per heavy atom. The number of rotatable bonds is 5. The molecular weight excluding hydrogens is 651 g/mol. The van der Waals surface area contributed by atoms with Gasteiger partial charge in [-0.15, -0.1) is 0 Å². The van der Waals surface area contributed by atoms with Gasteiger partial charge in [-0.3, -0.25) is 9.36 Å². The van der Waals surface area contributed by atoms with Gasteiger partial charge in [0.1, 0.15) is 12.4 Å². The first-order valence-electron chi connectivity index (χ1n) is 13.5. The summed E-state index contributed by atoms with van der Waals surface area (Å²) in [6.45, 7) is 0.307. The fourth-order valence-corrected chi connectivity index (χ4v) is 7.34. The lowest BCUT2D eigenvalue weighted by atomic mass is 9.83. The molecule has 0 spiro atoms. The minimum absolute atomic E-state index is 0.0451. The van der Waals surface area contributed by atoms with E-state index in [-0.39, 0.29) is 11.6 Å². The SMILES string of the molecule is O=c1/c(=C\c2cccc(OCc3ccc(Cl)cc3Cl)c2)sc2n1[C@H](c1ccc(Br)cc1)C1=C(N=2)c2ccccc2CC1. The molecule has 0 radical (unpaired) electrons. The molecule has 0 unspecified atom stereocenters. The van der Waals surface area contributed by atoms with Crippen LogP contribution in [0.2, 0.25) is 10.0 Å². The van der Waals surface area contributed by atoms with Gasteiger partial charge in [-0.05, 0) is 77.6 Å². The monoisotopic (exact) mass is 672 g/mol. The largest absolute Gasteiger partial charge is 0.489 e. The van der Waals surface area contributed by atoms with Crippen molar-refractivity contribution >= 4 is 62.2 Å². The average Bonchev–Trinajstić information content (AvgIpc) is 3.30. The molecule has 5 aromatic rings. The van der Waals surface area contributed by atoms with E-state index in [9.17, 15) is 4.79 Å². The average molecular weight is 674 g/mol. The summed E-state index contributed by atoms with van der Waals surface area (Å²) in [6.07, 6.45) is 3.70. The molecule has 0 amide bonds. The topological polar surface area (TPSA) is 43.6 Å². The molecule has 8 heteroatoms. The zero-order valence-electron chi connectivity index (χ0n) is 22.2. The molecule has 1 aliphatic heterocycles. The lowest BCUT2D eigenvalue weighted by Crippen LogP contribution is -2.38. The number of aryl methyl sites for hydroxylation is 1. The first-order valence-corrected chi connectivity index (χ1v) is 15.9. The van der Waals surface area contributed by atoms with Crippen molar-refractivity contribution in [3.63, 3.8) is 0 Å². The number of thiazole rings is 1. The van der Waals surface area contributed by atoms with E-state index >= 15 is 0 Å². The molecule has 2 aliphatic rings. The van der Waals surface area contributed by atoms with Gasteiger partial charge >= 0.3 is 0 Å². The fourth-order valence-electron chi connectivity index (χ4n) is 5.61. The first-order chi connectivity index (χ1) is 20.4. The van der Waals surface area contributed by atoms with Crippen molar-refractivity contribution in [3.8, 4) is 5.75 Å². The Kier molecular flexibility index (Phi) is 7.40. The maximum atomic E-state index is 14.0. The van der Waals surface area contributed by atoms with Crippen LogP contribution in [0.3, 0.4) is 0 Å². The van der Waals surface area contributed by atoms with E-state index in [1.54, 1.807) is 12.1 Å². The van der Waals surface area contributed by atoms with Crippen LogP contribution in [-0.4, -0.2) is 4.57 Å². The molecule has 2 heterocycles. The van der Waals surface area contributed by atoms with Crippen LogP contribution in [0.5, 0.6) is 5.75 Å². The van der Waals surface area contributed by atoms with Crippen LogP contribution in [0.25, 0.3) is 11.8 Å². The quantitative estimate of drug-likeness (QED) is 0.190. The van der Waals surface area contributed by atoms with Crippen LogP contribution < -0.4 is 19.6 Å². The highest BCUT2D eigenvalue weighted by atomic mass is 79.9. The number of aromatic nitrogens is 1. The van der Waals surface area contributed by atoms with Crippen LogP contribution in [0.1, 0.15) is 40.3 Å². The van der Waals surface area contributed by atoms with E-state index in [2.05, 4.69) is 52.3 Å². The van der Waals surface area contributed by atoms with Crippen LogP contribution >= 0.6 is 50.5 Å². The molecule has 0 saturated carbocycles. The van der Waals surface area contributed by atoms with Crippen molar-refractivity contribution in [2.75, 3.05) is 0 Å². The highest BCUT2D eigenvalue weighted by Gasteiger charge is 2.32. The third kappa shape index (κ3) is 5.18. The molecule has 7 rings (SSSR count). The number of nitrogens with zero attached hydrogens (tertiary/aromatic N) is 2. The van der Waals surface area contributed by atoms with Crippen molar-refractivity contribution in [1.29, 1.82) is 0 Å². The molecule has 0 saturated heterocycles. The first kappa shape index (κ1) is 27.4. The van der Waals surface area contributed by atoms with E-state index in [1.165, 1.54) is 22.5 Å². The number of hydrogen-bond acceptors (Lipinski definition) is 4. The maximum Gasteiger partial charge on any atom is 0.271 e. The van der Waals surface area contributed by atoms with Gasteiger partial charge in [0.15, 0.2) is 4.80 Å². The molecule has 1 aromatic heterocycles. The van der Waals surface area contributed by atoms with E-state index in [4.69, 9.17) is 32.9 Å². The third-order valence-electron chi connectivity index (χ3n) is 7.62. The molecule has 0 N–H and O–H groups in total. The summed E-state index contributed by atoms with van der Waals surface area (Å²) in [5, 5.41) is 1.14. The van der Waals surface area contributed by atoms with Gasteiger partial charge < -0.3 is 4.74 Å². The Labute approximate surface area is 265 Å². The van der Waals surface area contributed by atoms with Gasteiger partial charge in [-0.25, -0.2) is 4.99 Å². The van der Waals surface area contributed by atoms with Gasteiger partial charge in [0.2, 0.25) is 0 Å². The molecule has 1 aliphatic carbocycles. The minimum atomic E-state index is -0.210. The fraction of sp³-hybridized carbons (Fsp3) is 0.118. The number of hydrogen-bond donors (Lipinski definition) is 0. The highest BCUT2D eigenvalue weighted by Crippen LogP contribution is 2.41. The van der Waals surface area contributed by atoms with E-state index in [0.29, 0.717) is 31.7 Å². The van der Waals surface area contributed by atoms with E-state index in [0.717, 1.165) is 45.3 Å². The van der Waals surface area contributed by atoms with Gasteiger partial charge in [-0.2, -0.15) is 0 Å². The number of fused-ring (bicyclic) bond motifs is 3. The summed E-state index contributed by atoms with van der Waals surface area (Å²) in [5.74, 6) is 0.683. The summed E-state index contributed by atoms with van der Waals surface area (Å²) in [6, 6.07) is 29.6. The second kappa shape index (κ2) is 11.3. The summed E-state index contributed by atoms with van der Waals surface area (Å²) in [4.78, 5) is 19.9. The van der Waals surface area contributed by atoms with Crippen molar-refractivity contribution < 1.29 is 4.74 Å². The Bertz CT molecular complexity index is 2060. The third-order valence-corrected chi connectivity index (χ3v) is 9.72. The van der Waals surface area contributed by atoms with Gasteiger partial charge in [-0.1, -0.05) is 105 Å². The Morgan fingerprint density at radius 2 is 1.81 bits per heavy atom. The molecule has 4 aromatic carbocycles. The standard InChI is InChI=1S/C34H23BrCl2N2O2S/c35-24-12-8-22(9-13-24)32-28-15-11-21-5-1-2-7-27(21)31(28)38-34-39(32)33(40)30(42-34)17-20-4-3-6-26(16-20)41-19-23-10-14-25(36)18-29(23)37/h1-10,12-14,16-18,32H,11,15,19H2/b30-17+/t32-/m1/s1. The van der Waals surface area contributed by atoms with Crippen molar-refractivity contribution in [2.24, 2.45) is 4.99 Å². The van der Waals surface area contributed by atoms with Crippen LogP contribution in [-0.2, 0) is 13.0 Å². The normalized spacial score (nSPS) is 16.0. The summed E-state index contributed by atoms with van der Waals surface area (Å²) >= 11 is 17.3. The van der Waals surface area contributed by atoms with E-state index < -0.39 is 0 Å². The van der Waals surface area contributed by atoms with Gasteiger partial charge in [0.05, 0.1) is 16.3 Å². The Hall–Kier alpha value is -3.42. The predicted molar refractivity (Wildman–Crippen MR) is 174 cm³/mol. The summed E-state index contributed by atoms with van der Waals surface area (Å²) < 4.78 is 9.53. The van der Waals surface area contributed by atoms with Crippen LogP contribution in [0, 0.1) is 0 Å². The Morgan fingerprint density at radius 3 is 2.64 bits per heavy atom. The van der Waals surface area contributed by atoms with E-state index in [1.807, 2.05) is 53.1 Å². The number of allylic oxidation sites excluding steroid dienone is 1. The van der Waals surface area contributed by atoms with Crippen LogP contribution in [0.15, 0.2) is 111 Å². The van der Waals surface area contributed by atoms with Crippen molar-refractivity contribution in [1.82, 2.24) is 4.57 Å². The second-order valence-corrected chi connectivity index (χ2v) is 13.0. The number of ether oxygens (including phenoxy) is 1. The molecule has 0 bridgehead atoms. The second-order valence-electron chi connectivity index (χ2n) is 10.3. The van der Waals surface area contributed by atoms with Gasteiger partial charge in [0, 0.05) is 25.6 Å². The molecule has 4 nitrogen and oxygen atoms in total. The summed E-state index contributed by atoms with van der Waals surface area (Å²) in [5.41, 5.74) is 7.38. The zero-order chi connectivity index (χ0) is 28.8. The lowest BCUT2D eigenvalue weighted by molar-refractivity contribution is 0.306. The van der Waals surface area contributed by atoms with Crippen LogP contribution in [0.4, 0.5) is 0 Å². The lowest BCUT2D eigenvalue weighted by Gasteiger charge is -2.30.